The molecule has 0 saturated heterocycles. The van der Waals surface area contributed by atoms with Crippen molar-refractivity contribution in [1.82, 2.24) is 9.47 Å². The maximum Gasteiger partial charge on any atom is 0.0139 e. The van der Waals surface area contributed by atoms with Crippen LogP contribution in [0.1, 0.15) is 31.4 Å². The molecule has 15 heavy (non-hydrogen) atoms. The maximum atomic E-state index is 2.59. The van der Waals surface area contributed by atoms with E-state index in [4.69, 9.17) is 0 Å². The summed E-state index contributed by atoms with van der Waals surface area (Å²) in [6.45, 7) is 6.90. The monoisotopic (exact) mass is 206 g/mol. The van der Waals surface area contributed by atoms with Gasteiger partial charge in [-0.25, -0.2) is 0 Å². The van der Waals surface area contributed by atoms with E-state index in [1.165, 1.54) is 32.4 Å². The lowest BCUT2D eigenvalue weighted by atomic mass is 9.90. The number of rotatable bonds is 3. The van der Waals surface area contributed by atoms with E-state index in [0.29, 0.717) is 0 Å². The molecule has 2 heteroatoms. The molecule has 1 aromatic rings. The number of fused-ring (bicyclic) bond motifs is 1. The van der Waals surface area contributed by atoms with Gasteiger partial charge < -0.3 is 9.47 Å². The molecule has 0 N–H and O–H groups in total. The molecule has 0 spiro atoms. The van der Waals surface area contributed by atoms with Gasteiger partial charge in [0.05, 0.1) is 0 Å². The Bertz CT molecular complexity index is 323. The van der Waals surface area contributed by atoms with Crippen LogP contribution >= 0.6 is 0 Å². The molecule has 1 unspecified atom stereocenters. The second-order valence-corrected chi connectivity index (χ2v) is 4.59. The number of hydrogen-bond acceptors (Lipinski definition) is 1. The SMILES string of the molecule is CCN(CC)C1CCc2cn(C)cc2C1. The lowest BCUT2D eigenvalue weighted by Gasteiger charge is -2.32. The smallest absolute Gasteiger partial charge is 0.0139 e. The predicted octanol–water partition coefficient (Wildman–Crippen LogP) is 2.22. The van der Waals surface area contributed by atoms with Gasteiger partial charge in [-0.15, -0.1) is 0 Å². The Hall–Kier alpha value is -0.760. The molecule has 1 aliphatic carbocycles. The number of aromatic nitrogens is 1. The zero-order valence-corrected chi connectivity index (χ0v) is 10.2. The molecule has 0 amide bonds. The first-order valence-electron chi connectivity index (χ1n) is 6.12. The summed E-state index contributed by atoms with van der Waals surface area (Å²) in [6.07, 6.45) is 8.42. The highest BCUT2D eigenvalue weighted by molar-refractivity contribution is 5.28. The van der Waals surface area contributed by atoms with Crippen LogP contribution in [0.4, 0.5) is 0 Å². The van der Waals surface area contributed by atoms with Crippen molar-refractivity contribution >= 4 is 0 Å². The Balaban J connectivity index is 2.10. The molecule has 1 atom stereocenters. The lowest BCUT2D eigenvalue weighted by Crippen LogP contribution is -2.38. The molecule has 84 valence electrons. The zero-order chi connectivity index (χ0) is 10.8. The fourth-order valence-corrected chi connectivity index (χ4v) is 2.83. The van der Waals surface area contributed by atoms with E-state index < -0.39 is 0 Å². The van der Waals surface area contributed by atoms with Crippen LogP contribution in [0.15, 0.2) is 12.4 Å². The zero-order valence-electron chi connectivity index (χ0n) is 10.2. The summed E-state index contributed by atoms with van der Waals surface area (Å²) in [5, 5.41) is 0. The normalized spacial score (nSPS) is 20.7. The summed E-state index contributed by atoms with van der Waals surface area (Å²) in [5.74, 6) is 0. The molecule has 0 radical (unpaired) electrons. The number of aryl methyl sites for hydroxylation is 2. The molecule has 0 bridgehead atoms. The van der Waals surface area contributed by atoms with Gasteiger partial charge in [0.25, 0.3) is 0 Å². The van der Waals surface area contributed by atoms with Crippen molar-refractivity contribution in [3.63, 3.8) is 0 Å². The van der Waals surface area contributed by atoms with Gasteiger partial charge >= 0.3 is 0 Å². The second-order valence-electron chi connectivity index (χ2n) is 4.59. The number of hydrogen-bond donors (Lipinski definition) is 0. The van der Waals surface area contributed by atoms with Gasteiger partial charge in [0, 0.05) is 25.5 Å². The van der Waals surface area contributed by atoms with Crippen molar-refractivity contribution in [2.75, 3.05) is 13.1 Å². The van der Waals surface area contributed by atoms with E-state index in [2.05, 4.69) is 42.8 Å². The quantitative estimate of drug-likeness (QED) is 0.736. The maximum absolute atomic E-state index is 2.59. The van der Waals surface area contributed by atoms with E-state index in [9.17, 15) is 0 Å². The van der Waals surface area contributed by atoms with E-state index in [1.54, 1.807) is 11.1 Å². The van der Waals surface area contributed by atoms with Crippen LogP contribution in [0.3, 0.4) is 0 Å². The topological polar surface area (TPSA) is 8.17 Å². The lowest BCUT2D eigenvalue weighted by molar-refractivity contribution is 0.199. The van der Waals surface area contributed by atoms with Crippen molar-refractivity contribution in [3.8, 4) is 0 Å². The minimum absolute atomic E-state index is 0.773. The van der Waals surface area contributed by atoms with Crippen LogP contribution < -0.4 is 0 Å². The van der Waals surface area contributed by atoms with E-state index in [0.717, 1.165) is 6.04 Å². The number of nitrogens with zero attached hydrogens (tertiary/aromatic N) is 2. The van der Waals surface area contributed by atoms with Crippen LogP contribution in [-0.4, -0.2) is 28.6 Å². The molecule has 0 aromatic carbocycles. The molecular formula is C13H22N2. The van der Waals surface area contributed by atoms with Crippen molar-refractivity contribution in [3.05, 3.63) is 23.5 Å². The Kier molecular flexibility index (Phi) is 3.15. The first-order valence-corrected chi connectivity index (χ1v) is 6.12. The highest BCUT2D eigenvalue weighted by Gasteiger charge is 2.23. The molecule has 1 aromatic heterocycles. The minimum atomic E-state index is 0.773. The summed E-state index contributed by atoms with van der Waals surface area (Å²) in [5.41, 5.74) is 3.14. The third-order valence-corrected chi connectivity index (χ3v) is 3.66. The Morgan fingerprint density at radius 2 is 1.93 bits per heavy atom. The Morgan fingerprint density at radius 3 is 2.60 bits per heavy atom. The van der Waals surface area contributed by atoms with Gasteiger partial charge in [0.15, 0.2) is 0 Å². The number of likely N-dealkylation sites (N-methyl/N-ethyl adjacent to an activating group) is 1. The van der Waals surface area contributed by atoms with Gasteiger partial charge in [-0.1, -0.05) is 13.8 Å². The average Bonchev–Trinajstić information content (AvgIpc) is 2.59. The minimum Gasteiger partial charge on any atom is -0.357 e. The molecule has 2 rings (SSSR count). The molecule has 2 nitrogen and oxygen atoms in total. The van der Waals surface area contributed by atoms with Crippen LogP contribution in [0, 0.1) is 0 Å². The van der Waals surface area contributed by atoms with Crippen molar-refractivity contribution in [1.29, 1.82) is 0 Å². The predicted molar refractivity (Wildman–Crippen MR) is 64.1 cm³/mol. The van der Waals surface area contributed by atoms with Crippen molar-refractivity contribution in [2.24, 2.45) is 7.05 Å². The molecule has 0 saturated carbocycles. The molecule has 1 aliphatic rings. The van der Waals surface area contributed by atoms with Gasteiger partial charge in [-0.3, -0.25) is 0 Å². The molecule has 1 heterocycles. The fourth-order valence-electron chi connectivity index (χ4n) is 2.83. The third kappa shape index (κ3) is 2.10. The van der Waals surface area contributed by atoms with Crippen LogP contribution in [0.2, 0.25) is 0 Å². The van der Waals surface area contributed by atoms with E-state index >= 15 is 0 Å². The van der Waals surface area contributed by atoms with Gasteiger partial charge in [-0.2, -0.15) is 0 Å². The van der Waals surface area contributed by atoms with Gasteiger partial charge in [-0.05, 0) is 43.5 Å². The highest BCUT2D eigenvalue weighted by atomic mass is 15.1. The third-order valence-electron chi connectivity index (χ3n) is 3.66. The van der Waals surface area contributed by atoms with E-state index in [-0.39, 0.29) is 0 Å². The van der Waals surface area contributed by atoms with E-state index in [1.807, 2.05) is 0 Å². The summed E-state index contributed by atoms with van der Waals surface area (Å²) in [6, 6.07) is 0.773. The van der Waals surface area contributed by atoms with Gasteiger partial charge in [0.2, 0.25) is 0 Å². The Labute approximate surface area is 92.9 Å². The fraction of sp³-hybridized carbons (Fsp3) is 0.692. The summed E-state index contributed by atoms with van der Waals surface area (Å²) in [7, 11) is 2.13. The Morgan fingerprint density at radius 1 is 1.27 bits per heavy atom. The van der Waals surface area contributed by atoms with Crippen LogP contribution in [-0.2, 0) is 19.9 Å². The van der Waals surface area contributed by atoms with Crippen LogP contribution in [0.5, 0.6) is 0 Å². The molecule has 0 fully saturated rings. The van der Waals surface area contributed by atoms with Crippen molar-refractivity contribution < 1.29 is 0 Å². The molecule has 0 aliphatic heterocycles. The van der Waals surface area contributed by atoms with Crippen LogP contribution in [0.25, 0.3) is 0 Å². The first-order chi connectivity index (χ1) is 7.24. The first kappa shape index (κ1) is 10.7. The second kappa shape index (κ2) is 4.40. The van der Waals surface area contributed by atoms with Gasteiger partial charge in [0.1, 0.15) is 0 Å². The largest absolute Gasteiger partial charge is 0.357 e. The average molecular weight is 206 g/mol. The standard InChI is InChI=1S/C13H22N2/c1-4-15(5-2)13-7-6-11-9-14(3)10-12(11)8-13/h9-10,13H,4-8H2,1-3H3. The van der Waals surface area contributed by atoms with Crippen molar-refractivity contribution in [2.45, 2.75) is 39.2 Å². The summed E-state index contributed by atoms with van der Waals surface area (Å²) >= 11 is 0. The highest BCUT2D eigenvalue weighted by Crippen LogP contribution is 2.24. The molecular weight excluding hydrogens is 184 g/mol. The summed E-state index contributed by atoms with van der Waals surface area (Å²) in [4.78, 5) is 2.59. The summed E-state index contributed by atoms with van der Waals surface area (Å²) < 4.78 is 2.20.